The van der Waals surface area contributed by atoms with Crippen molar-refractivity contribution in [3.8, 4) is 11.4 Å². The van der Waals surface area contributed by atoms with Crippen LogP contribution in [-0.4, -0.2) is 45.3 Å². The lowest BCUT2D eigenvalue weighted by Crippen LogP contribution is -2.45. The van der Waals surface area contributed by atoms with Gasteiger partial charge in [0.2, 0.25) is 11.1 Å². The maximum absolute atomic E-state index is 13.2. The zero-order valence-corrected chi connectivity index (χ0v) is 18.3. The first-order chi connectivity index (χ1) is 15.2. The van der Waals surface area contributed by atoms with Crippen LogP contribution in [-0.2, 0) is 9.53 Å². The van der Waals surface area contributed by atoms with E-state index in [1.807, 2.05) is 59.3 Å². The molecule has 1 fully saturated rings. The summed E-state index contributed by atoms with van der Waals surface area (Å²) in [7, 11) is 0. The largest absolute Gasteiger partial charge is 0.376 e. The van der Waals surface area contributed by atoms with Crippen molar-refractivity contribution in [3.05, 3.63) is 65.2 Å². The Morgan fingerprint density at radius 1 is 1.19 bits per heavy atom. The Morgan fingerprint density at radius 3 is 2.74 bits per heavy atom. The molecule has 2 N–H and O–H groups in total. The molecule has 160 valence electrons. The molecular formula is C22H22ClN5O2S. The number of halogens is 1. The molecule has 1 aromatic heterocycles. The van der Waals surface area contributed by atoms with E-state index in [1.165, 1.54) is 11.8 Å². The number of amides is 1. The number of rotatable bonds is 5. The SMILES string of the molecule is O=C(NCC1CCCO1)C1Sc2nnc(-c3ccccc3)n2NC1c1ccc(Cl)cc1. The number of fused-ring (bicyclic) bond motifs is 1. The Hall–Kier alpha value is -2.55. The molecule has 0 spiro atoms. The van der Waals surface area contributed by atoms with Crippen molar-refractivity contribution in [2.24, 2.45) is 0 Å². The second kappa shape index (κ2) is 8.90. The molecule has 3 unspecified atom stereocenters. The summed E-state index contributed by atoms with van der Waals surface area (Å²) in [6.07, 6.45) is 2.11. The van der Waals surface area contributed by atoms with Crippen molar-refractivity contribution in [1.29, 1.82) is 0 Å². The molecule has 2 aliphatic rings. The van der Waals surface area contributed by atoms with E-state index in [-0.39, 0.29) is 18.1 Å². The van der Waals surface area contributed by atoms with Crippen LogP contribution in [0.25, 0.3) is 11.4 Å². The first-order valence-corrected chi connectivity index (χ1v) is 11.5. The molecule has 0 radical (unpaired) electrons. The predicted octanol–water partition coefficient (Wildman–Crippen LogP) is 3.65. The third-order valence-corrected chi connectivity index (χ3v) is 6.95. The smallest absolute Gasteiger partial charge is 0.236 e. The van der Waals surface area contributed by atoms with Gasteiger partial charge in [-0.2, -0.15) is 0 Å². The molecule has 1 saturated heterocycles. The van der Waals surface area contributed by atoms with Crippen molar-refractivity contribution in [1.82, 2.24) is 20.2 Å². The monoisotopic (exact) mass is 455 g/mol. The molecular weight excluding hydrogens is 434 g/mol. The van der Waals surface area contributed by atoms with Crippen LogP contribution in [0.5, 0.6) is 0 Å². The molecule has 2 aliphatic heterocycles. The number of ether oxygens (including phenoxy) is 1. The van der Waals surface area contributed by atoms with Gasteiger partial charge in [-0.25, -0.2) is 4.68 Å². The third-order valence-electron chi connectivity index (χ3n) is 5.48. The molecule has 1 amide bonds. The van der Waals surface area contributed by atoms with Gasteiger partial charge in [-0.15, -0.1) is 10.2 Å². The highest BCUT2D eigenvalue weighted by Crippen LogP contribution is 2.38. The second-order valence-corrected chi connectivity index (χ2v) is 9.13. The minimum atomic E-state index is -0.414. The minimum Gasteiger partial charge on any atom is -0.376 e. The van der Waals surface area contributed by atoms with Crippen LogP contribution in [0, 0.1) is 0 Å². The lowest BCUT2D eigenvalue weighted by molar-refractivity contribution is -0.121. The summed E-state index contributed by atoms with van der Waals surface area (Å²) in [5, 5.41) is 12.7. The van der Waals surface area contributed by atoms with Gasteiger partial charge < -0.3 is 15.5 Å². The second-order valence-electron chi connectivity index (χ2n) is 7.58. The van der Waals surface area contributed by atoms with Crippen LogP contribution in [0.1, 0.15) is 24.4 Å². The van der Waals surface area contributed by atoms with Crippen LogP contribution in [0.15, 0.2) is 59.8 Å². The average molecular weight is 456 g/mol. The molecule has 0 saturated carbocycles. The number of hydrogen-bond donors (Lipinski definition) is 2. The van der Waals surface area contributed by atoms with E-state index in [0.29, 0.717) is 22.5 Å². The Labute approximate surface area is 189 Å². The molecule has 5 rings (SSSR count). The topological polar surface area (TPSA) is 81.1 Å². The van der Waals surface area contributed by atoms with Crippen LogP contribution < -0.4 is 10.7 Å². The standard InChI is InChI=1S/C22H22ClN5O2S/c23-16-10-8-14(9-11-16)18-19(21(29)24-13-17-7-4-12-30-17)31-22-26-25-20(28(22)27-18)15-5-2-1-3-6-15/h1-3,5-6,8-11,17-19,27H,4,7,12-13H2,(H,24,29). The van der Waals surface area contributed by atoms with E-state index < -0.39 is 5.25 Å². The van der Waals surface area contributed by atoms with Gasteiger partial charge in [-0.05, 0) is 30.5 Å². The molecule has 0 aliphatic carbocycles. The third kappa shape index (κ3) is 4.28. The summed E-state index contributed by atoms with van der Waals surface area (Å²) in [4.78, 5) is 13.2. The van der Waals surface area contributed by atoms with Crippen LogP contribution in [0.4, 0.5) is 0 Å². The van der Waals surface area contributed by atoms with Gasteiger partial charge in [0.05, 0.1) is 12.1 Å². The maximum Gasteiger partial charge on any atom is 0.236 e. The molecule has 3 atom stereocenters. The molecule has 3 heterocycles. The summed E-state index contributed by atoms with van der Waals surface area (Å²) in [6.45, 7) is 1.28. The van der Waals surface area contributed by atoms with Gasteiger partial charge in [-0.1, -0.05) is 65.8 Å². The molecule has 3 aromatic rings. The molecule has 9 heteroatoms. The van der Waals surface area contributed by atoms with Crippen LogP contribution in [0.2, 0.25) is 5.02 Å². The van der Waals surface area contributed by atoms with Gasteiger partial charge in [0.15, 0.2) is 5.82 Å². The number of hydrogen-bond acceptors (Lipinski definition) is 6. The highest BCUT2D eigenvalue weighted by atomic mass is 35.5. The molecule has 7 nitrogen and oxygen atoms in total. The Morgan fingerprint density at radius 2 is 2.00 bits per heavy atom. The normalized spacial score (nSPS) is 22.5. The summed E-state index contributed by atoms with van der Waals surface area (Å²) < 4.78 is 7.51. The molecule has 31 heavy (non-hydrogen) atoms. The van der Waals surface area contributed by atoms with E-state index in [0.717, 1.165) is 30.6 Å². The average Bonchev–Trinajstić information content (AvgIpc) is 3.47. The fourth-order valence-electron chi connectivity index (χ4n) is 3.87. The molecule has 0 bridgehead atoms. The van der Waals surface area contributed by atoms with Crippen molar-refractivity contribution in [3.63, 3.8) is 0 Å². The van der Waals surface area contributed by atoms with Crippen LogP contribution >= 0.6 is 23.4 Å². The number of nitrogens with one attached hydrogen (secondary N) is 2. The number of thioether (sulfide) groups is 1. The van der Waals surface area contributed by atoms with Gasteiger partial charge in [0.25, 0.3) is 0 Å². The van der Waals surface area contributed by atoms with E-state index in [4.69, 9.17) is 16.3 Å². The van der Waals surface area contributed by atoms with Crippen LogP contribution in [0.3, 0.4) is 0 Å². The number of carbonyl (C=O) groups excluding carboxylic acids is 1. The van der Waals surface area contributed by atoms with Crippen molar-refractivity contribution >= 4 is 29.3 Å². The van der Waals surface area contributed by atoms with E-state index >= 15 is 0 Å². The number of carbonyl (C=O) groups is 1. The van der Waals surface area contributed by atoms with Gasteiger partial charge in [0.1, 0.15) is 5.25 Å². The summed E-state index contributed by atoms with van der Waals surface area (Å²) in [6, 6.07) is 17.1. The zero-order chi connectivity index (χ0) is 21.2. The minimum absolute atomic E-state index is 0.0524. The Balaban J connectivity index is 1.44. The number of nitrogens with zero attached hydrogens (tertiary/aromatic N) is 3. The van der Waals surface area contributed by atoms with Gasteiger partial charge in [-0.3, -0.25) is 4.79 Å². The Bertz CT molecular complexity index is 1050. The molecule has 2 aromatic carbocycles. The predicted molar refractivity (Wildman–Crippen MR) is 121 cm³/mol. The lowest BCUT2D eigenvalue weighted by atomic mass is 10.0. The van der Waals surface area contributed by atoms with E-state index in [2.05, 4.69) is 20.9 Å². The lowest BCUT2D eigenvalue weighted by Gasteiger charge is -2.33. The highest BCUT2D eigenvalue weighted by Gasteiger charge is 2.38. The zero-order valence-electron chi connectivity index (χ0n) is 16.7. The first kappa shape index (κ1) is 20.4. The first-order valence-electron chi connectivity index (χ1n) is 10.3. The quantitative estimate of drug-likeness (QED) is 0.611. The highest BCUT2D eigenvalue weighted by molar-refractivity contribution is 8.00. The fraction of sp³-hybridized carbons (Fsp3) is 0.318. The summed E-state index contributed by atoms with van der Waals surface area (Å²) >= 11 is 7.51. The Kier molecular flexibility index (Phi) is 5.85. The van der Waals surface area contributed by atoms with Gasteiger partial charge >= 0.3 is 0 Å². The number of benzene rings is 2. The fourth-order valence-corrected chi connectivity index (χ4v) is 5.10. The van der Waals surface area contributed by atoms with Crippen molar-refractivity contribution in [2.45, 2.75) is 35.4 Å². The van der Waals surface area contributed by atoms with E-state index in [9.17, 15) is 4.79 Å². The van der Waals surface area contributed by atoms with Crippen molar-refractivity contribution in [2.75, 3.05) is 18.6 Å². The number of aromatic nitrogens is 3. The van der Waals surface area contributed by atoms with E-state index in [1.54, 1.807) is 0 Å². The van der Waals surface area contributed by atoms with Gasteiger partial charge in [0, 0.05) is 23.7 Å². The van der Waals surface area contributed by atoms with Crippen molar-refractivity contribution < 1.29 is 9.53 Å². The maximum atomic E-state index is 13.2. The summed E-state index contributed by atoms with van der Waals surface area (Å²) in [5.74, 6) is 0.656. The summed E-state index contributed by atoms with van der Waals surface area (Å²) in [5.41, 5.74) is 5.39.